The lowest BCUT2D eigenvalue weighted by molar-refractivity contribution is -0.134. The van der Waals surface area contributed by atoms with Crippen LogP contribution in [-0.4, -0.2) is 36.5 Å². The van der Waals surface area contributed by atoms with Crippen LogP contribution in [0.3, 0.4) is 0 Å². The van der Waals surface area contributed by atoms with Gasteiger partial charge in [-0.2, -0.15) is 0 Å². The molecule has 2 unspecified atom stereocenters. The van der Waals surface area contributed by atoms with Crippen LogP contribution in [0.2, 0.25) is 5.02 Å². The molecule has 2 atom stereocenters. The van der Waals surface area contributed by atoms with E-state index < -0.39 is 5.82 Å². The van der Waals surface area contributed by atoms with Crippen molar-refractivity contribution >= 4 is 17.5 Å². The fourth-order valence-electron chi connectivity index (χ4n) is 2.48. The number of carbonyl (C=O) groups is 1. The highest BCUT2D eigenvalue weighted by Gasteiger charge is 2.31. The number of nitrogens with zero attached hydrogens (tertiary/aromatic N) is 1. The Morgan fingerprint density at radius 3 is 2.95 bits per heavy atom. The van der Waals surface area contributed by atoms with E-state index in [2.05, 4.69) is 0 Å². The van der Waals surface area contributed by atoms with E-state index in [1.54, 1.807) is 4.90 Å². The fourth-order valence-corrected chi connectivity index (χ4v) is 2.70. The molecule has 1 saturated heterocycles. The summed E-state index contributed by atoms with van der Waals surface area (Å²) in [7, 11) is 0. The van der Waals surface area contributed by atoms with Crippen LogP contribution in [0.15, 0.2) is 18.2 Å². The van der Waals surface area contributed by atoms with Crippen molar-refractivity contribution in [1.82, 2.24) is 4.90 Å². The van der Waals surface area contributed by atoms with Crippen molar-refractivity contribution in [1.29, 1.82) is 0 Å². The van der Waals surface area contributed by atoms with Crippen LogP contribution in [0.25, 0.3) is 0 Å². The zero-order valence-corrected chi connectivity index (χ0v) is 12.1. The van der Waals surface area contributed by atoms with Crippen molar-refractivity contribution in [2.24, 2.45) is 11.7 Å². The first-order chi connectivity index (χ1) is 9.51. The molecule has 2 N–H and O–H groups in total. The molecule has 0 aliphatic carbocycles. The quantitative estimate of drug-likeness (QED) is 0.926. The van der Waals surface area contributed by atoms with Gasteiger partial charge in [-0.3, -0.25) is 4.79 Å². The summed E-state index contributed by atoms with van der Waals surface area (Å²) >= 11 is 5.84. The van der Waals surface area contributed by atoms with E-state index in [1.807, 2.05) is 6.92 Å². The van der Waals surface area contributed by atoms with Gasteiger partial charge < -0.3 is 15.4 Å². The van der Waals surface area contributed by atoms with Crippen LogP contribution < -0.4 is 10.5 Å². The summed E-state index contributed by atoms with van der Waals surface area (Å²) in [4.78, 5) is 13.9. The van der Waals surface area contributed by atoms with Gasteiger partial charge in [-0.15, -0.1) is 0 Å². The zero-order chi connectivity index (χ0) is 14.7. The maximum Gasteiger partial charge on any atom is 0.260 e. The Kier molecular flexibility index (Phi) is 4.83. The van der Waals surface area contributed by atoms with Crippen molar-refractivity contribution in [2.45, 2.75) is 19.4 Å². The summed E-state index contributed by atoms with van der Waals surface area (Å²) in [6.45, 7) is 3.14. The number of hydrogen-bond acceptors (Lipinski definition) is 3. The number of hydrogen-bond donors (Lipinski definition) is 1. The molecule has 0 spiro atoms. The Morgan fingerprint density at radius 2 is 2.35 bits per heavy atom. The third-order valence-corrected chi connectivity index (χ3v) is 3.86. The number of rotatable bonds is 4. The van der Waals surface area contributed by atoms with E-state index in [0.29, 0.717) is 24.8 Å². The second kappa shape index (κ2) is 6.41. The average Bonchev–Trinajstić information content (AvgIpc) is 2.79. The number of benzene rings is 1. The molecule has 1 aliphatic heterocycles. The molecule has 2 rings (SSSR count). The molecule has 0 aromatic heterocycles. The van der Waals surface area contributed by atoms with Gasteiger partial charge in [0.2, 0.25) is 0 Å². The molecule has 20 heavy (non-hydrogen) atoms. The number of halogens is 2. The van der Waals surface area contributed by atoms with Crippen molar-refractivity contribution in [3.05, 3.63) is 29.0 Å². The highest BCUT2D eigenvalue weighted by Crippen LogP contribution is 2.26. The van der Waals surface area contributed by atoms with Crippen molar-refractivity contribution in [3.63, 3.8) is 0 Å². The molecule has 1 amide bonds. The molecular weight excluding hydrogens is 283 g/mol. The normalized spacial score (nSPS) is 22.1. The lowest BCUT2D eigenvalue weighted by Gasteiger charge is -2.21. The van der Waals surface area contributed by atoms with Crippen LogP contribution >= 0.6 is 11.6 Å². The molecule has 1 aliphatic rings. The minimum absolute atomic E-state index is 0.103. The Labute approximate surface area is 122 Å². The molecule has 1 fully saturated rings. The summed E-state index contributed by atoms with van der Waals surface area (Å²) in [6.07, 6.45) is 0.916. The molecule has 4 nitrogen and oxygen atoms in total. The maximum atomic E-state index is 12.9. The molecule has 0 bridgehead atoms. The van der Waals surface area contributed by atoms with Crippen LogP contribution in [0.1, 0.15) is 13.3 Å². The SMILES string of the molecule is CC1CC(CN)CN1C(=O)COc1ccc(F)cc1Cl. The topological polar surface area (TPSA) is 55.6 Å². The first-order valence-electron chi connectivity index (χ1n) is 6.58. The summed E-state index contributed by atoms with van der Waals surface area (Å²) < 4.78 is 18.3. The summed E-state index contributed by atoms with van der Waals surface area (Å²) in [5, 5.41) is 0.159. The number of amides is 1. The molecular formula is C14H18ClFN2O2. The van der Waals surface area contributed by atoms with Gasteiger partial charge in [0.05, 0.1) is 5.02 Å². The maximum absolute atomic E-state index is 12.9. The monoisotopic (exact) mass is 300 g/mol. The molecule has 0 radical (unpaired) electrons. The van der Waals surface area contributed by atoms with E-state index in [0.717, 1.165) is 12.5 Å². The van der Waals surface area contributed by atoms with Crippen LogP contribution in [0, 0.1) is 11.7 Å². The van der Waals surface area contributed by atoms with Gasteiger partial charge in [0, 0.05) is 12.6 Å². The lowest BCUT2D eigenvalue weighted by atomic mass is 10.1. The zero-order valence-electron chi connectivity index (χ0n) is 11.3. The van der Waals surface area contributed by atoms with Gasteiger partial charge in [-0.25, -0.2) is 4.39 Å². The van der Waals surface area contributed by atoms with Crippen molar-refractivity contribution in [3.8, 4) is 5.75 Å². The van der Waals surface area contributed by atoms with Gasteiger partial charge in [0.15, 0.2) is 6.61 Å². The first-order valence-corrected chi connectivity index (χ1v) is 6.96. The van der Waals surface area contributed by atoms with Gasteiger partial charge in [-0.05, 0) is 44.0 Å². The molecule has 1 heterocycles. The number of likely N-dealkylation sites (tertiary alicyclic amines) is 1. The Morgan fingerprint density at radius 1 is 1.60 bits per heavy atom. The third-order valence-electron chi connectivity index (χ3n) is 3.56. The third kappa shape index (κ3) is 3.41. The van der Waals surface area contributed by atoms with Gasteiger partial charge >= 0.3 is 0 Å². The Bertz CT molecular complexity index is 498. The minimum Gasteiger partial charge on any atom is -0.482 e. The predicted molar refractivity (Wildman–Crippen MR) is 75.2 cm³/mol. The smallest absolute Gasteiger partial charge is 0.260 e. The molecule has 110 valence electrons. The molecule has 6 heteroatoms. The van der Waals surface area contributed by atoms with Crippen molar-refractivity contribution in [2.75, 3.05) is 19.7 Å². The second-order valence-electron chi connectivity index (χ2n) is 5.10. The molecule has 1 aromatic rings. The van der Waals surface area contributed by atoms with Crippen LogP contribution in [0.4, 0.5) is 4.39 Å². The van der Waals surface area contributed by atoms with E-state index in [-0.39, 0.29) is 23.6 Å². The van der Waals surface area contributed by atoms with E-state index in [9.17, 15) is 9.18 Å². The number of carbonyl (C=O) groups excluding carboxylic acids is 1. The standard InChI is InChI=1S/C14H18ClFN2O2/c1-9-4-10(6-17)7-18(9)14(19)8-20-13-3-2-11(16)5-12(13)15/h2-3,5,9-10H,4,6-8,17H2,1H3. The number of nitrogens with two attached hydrogens (primary N) is 1. The van der Waals surface area contributed by atoms with Gasteiger partial charge in [0.1, 0.15) is 11.6 Å². The summed E-state index contributed by atoms with van der Waals surface area (Å²) in [5.74, 6) is 0.119. The van der Waals surface area contributed by atoms with E-state index in [4.69, 9.17) is 22.1 Å². The van der Waals surface area contributed by atoms with E-state index in [1.165, 1.54) is 12.1 Å². The summed E-state index contributed by atoms with van der Waals surface area (Å²) in [5.41, 5.74) is 5.64. The number of ether oxygens (including phenoxy) is 1. The lowest BCUT2D eigenvalue weighted by Crippen LogP contribution is -2.37. The van der Waals surface area contributed by atoms with Gasteiger partial charge in [0.25, 0.3) is 5.91 Å². The van der Waals surface area contributed by atoms with E-state index >= 15 is 0 Å². The highest BCUT2D eigenvalue weighted by atomic mass is 35.5. The molecule has 1 aromatic carbocycles. The first kappa shape index (κ1) is 15.1. The Hall–Kier alpha value is -1.33. The average molecular weight is 301 g/mol. The summed E-state index contributed by atoms with van der Waals surface area (Å²) in [6, 6.07) is 3.99. The van der Waals surface area contributed by atoms with Crippen molar-refractivity contribution < 1.29 is 13.9 Å². The highest BCUT2D eigenvalue weighted by molar-refractivity contribution is 6.32. The van der Waals surface area contributed by atoms with Gasteiger partial charge in [-0.1, -0.05) is 11.6 Å². The Balaban J connectivity index is 1.92. The van der Waals surface area contributed by atoms with Crippen LogP contribution in [-0.2, 0) is 4.79 Å². The molecule has 0 saturated carbocycles. The van der Waals surface area contributed by atoms with Crippen LogP contribution in [0.5, 0.6) is 5.75 Å². The second-order valence-corrected chi connectivity index (χ2v) is 5.50. The fraction of sp³-hybridized carbons (Fsp3) is 0.500. The largest absolute Gasteiger partial charge is 0.482 e. The predicted octanol–water partition coefficient (Wildman–Crippen LogP) is 2.05. The minimum atomic E-state index is -0.437.